The molecule has 3 heterocycles. The lowest BCUT2D eigenvalue weighted by Crippen LogP contribution is -2.16. The number of anilines is 2. The molecule has 0 saturated heterocycles. The number of nitrogen functional groups attached to an aromatic ring is 1. The molecule has 0 saturated carbocycles. The largest absolute Gasteiger partial charge is 0.477 e. The number of halogens is 4. The standard InChI is InChI=1S/C13H10F3N3O.C12H8FNO3/c14-8-5-7(17)1-2-9(8)20-10-3-4-18-12-11(10)13(15,16)6-19-12;13-8-3-1-7(2-4-8)9-5-14-6-10(11(9)15)12(16)17/h1-5H,6,17H2,(H,18,19);1-6H,(H,14,15)(H,16,17). The average molecular weight is 514 g/mol. The summed E-state index contributed by atoms with van der Waals surface area (Å²) >= 11 is 0. The number of alkyl halides is 2. The van der Waals surface area contributed by atoms with E-state index < -0.39 is 35.5 Å². The summed E-state index contributed by atoms with van der Waals surface area (Å²) in [6.07, 6.45) is 3.83. The molecule has 0 bridgehead atoms. The van der Waals surface area contributed by atoms with Crippen LogP contribution in [0.5, 0.6) is 11.5 Å². The Labute approximate surface area is 206 Å². The molecule has 1 aliphatic rings. The maximum absolute atomic E-state index is 13.8. The molecule has 2 aromatic carbocycles. The Bertz CT molecular complexity index is 1520. The zero-order valence-corrected chi connectivity index (χ0v) is 18.8. The summed E-state index contributed by atoms with van der Waals surface area (Å²) in [6, 6.07) is 10.3. The number of aromatic amines is 1. The quantitative estimate of drug-likeness (QED) is 0.223. The number of H-pyrrole nitrogens is 1. The number of hydrogen-bond donors (Lipinski definition) is 4. The molecule has 1 aliphatic heterocycles. The number of aromatic carboxylic acids is 1. The molecule has 4 aromatic rings. The third-order valence-corrected chi connectivity index (χ3v) is 5.26. The molecule has 5 rings (SSSR count). The molecular formula is C25H18F4N4O4. The molecule has 0 fully saturated rings. The van der Waals surface area contributed by atoms with Crippen LogP contribution in [0.15, 0.2) is 71.9 Å². The van der Waals surface area contributed by atoms with Gasteiger partial charge in [0, 0.05) is 35.9 Å². The lowest BCUT2D eigenvalue weighted by atomic mass is 10.1. The van der Waals surface area contributed by atoms with Crippen LogP contribution in [0.3, 0.4) is 0 Å². The third-order valence-electron chi connectivity index (χ3n) is 5.26. The van der Waals surface area contributed by atoms with Gasteiger partial charge in [-0.1, -0.05) is 12.1 Å². The molecular weight excluding hydrogens is 496 g/mol. The number of nitrogens with zero attached hydrogens (tertiary/aromatic N) is 1. The molecule has 2 aromatic heterocycles. The van der Waals surface area contributed by atoms with Gasteiger partial charge in [0.25, 0.3) is 5.92 Å². The van der Waals surface area contributed by atoms with E-state index in [9.17, 15) is 27.2 Å². The first kappa shape index (κ1) is 25.2. The van der Waals surface area contributed by atoms with E-state index in [1.165, 1.54) is 54.9 Å². The summed E-state index contributed by atoms with van der Waals surface area (Å²) in [5.41, 5.74) is 5.01. The average Bonchev–Trinajstić information content (AvgIpc) is 3.17. The molecule has 0 atom stereocenters. The minimum Gasteiger partial charge on any atom is -0.477 e. The summed E-state index contributed by atoms with van der Waals surface area (Å²) in [4.78, 5) is 29.0. The number of carboxylic acid groups (broad SMARTS) is 1. The lowest BCUT2D eigenvalue weighted by molar-refractivity contribution is 0.0166. The van der Waals surface area contributed by atoms with Crippen LogP contribution in [0.1, 0.15) is 15.9 Å². The molecule has 0 spiro atoms. The Kier molecular flexibility index (Phi) is 6.83. The van der Waals surface area contributed by atoms with Gasteiger partial charge in [-0.15, -0.1) is 0 Å². The van der Waals surface area contributed by atoms with Crippen LogP contribution in [0.4, 0.5) is 29.1 Å². The summed E-state index contributed by atoms with van der Waals surface area (Å²) in [6.45, 7) is -0.556. The minimum atomic E-state index is -3.11. The van der Waals surface area contributed by atoms with Crippen LogP contribution in [-0.2, 0) is 5.92 Å². The van der Waals surface area contributed by atoms with Crippen molar-refractivity contribution in [1.82, 2.24) is 9.97 Å². The fourth-order valence-electron chi connectivity index (χ4n) is 3.51. The predicted octanol–water partition coefficient (Wildman–Crippen LogP) is 4.99. The Balaban J connectivity index is 0.000000176. The number of nitrogens with one attached hydrogen (secondary N) is 2. The van der Waals surface area contributed by atoms with Crippen LogP contribution in [-0.4, -0.2) is 27.6 Å². The lowest BCUT2D eigenvalue weighted by Gasteiger charge is -2.14. The molecule has 0 aliphatic carbocycles. The topological polar surface area (TPSA) is 130 Å². The van der Waals surface area contributed by atoms with Gasteiger partial charge in [0.05, 0.1) is 6.54 Å². The maximum Gasteiger partial charge on any atom is 0.341 e. The molecule has 8 nitrogen and oxygen atoms in total. The predicted molar refractivity (Wildman–Crippen MR) is 127 cm³/mol. The van der Waals surface area contributed by atoms with Crippen LogP contribution in [0, 0.1) is 11.6 Å². The second kappa shape index (κ2) is 10.0. The molecule has 37 heavy (non-hydrogen) atoms. The first-order valence-corrected chi connectivity index (χ1v) is 10.6. The number of ether oxygens (including phenoxy) is 1. The molecule has 12 heteroatoms. The van der Waals surface area contributed by atoms with E-state index in [1.807, 2.05) is 0 Å². The fraction of sp³-hybridized carbons (Fsp3) is 0.0800. The van der Waals surface area contributed by atoms with Crippen molar-refractivity contribution in [1.29, 1.82) is 0 Å². The van der Waals surface area contributed by atoms with Crippen molar-refractivity contribution in [3.8, 4) is 22.6 Å². The fourth-order valence-corrected chi connectivity index (χ4v) is 3.51. The van der Waals surface area contributed by atoms with E-state index in [0.717, 1.165) is 12.3 Å². The number of fused-ring (bicyclic) bond motifs is 1. The number of aromatic nitrogens is 2. The van der Waals surface area contributed by atoms with E-state index in [-0.39, 0.29) is 39.7 Å². The normalized spacial score (nSPS) is 13.1. The van der Waals surface area contributed by atoms with Crippen molar-refractivity contribution < 1.29 is 32.2 Å². The number of rotatable bonds is 4. The summed E-state index contributed by atoms with van der Waals surface area (Å²) < 4.78 is 59.2. The smallest absolute Gasteiger partial charge is 0.341 e. The number of hydrogen-bond acceptors (Lipinski definition) is 6. The first-order chi connectivity index (χ1) is 17.6. The van der Waals surface area contributed by atoms with Gasteiger partial charge < -0.3 is 25.9 Å². The van der Waals surface area contributed by atoms with E-state index in [0.29, 0.717) is 5.56 Å². The van der Waals surface area contributed by atoms with Crippen LogP contribution >= 0.6 is 0 Å². The van der Waals surface area contributed by atoms with Gasteiger partial charge in [0.1, 0.15) is 28.5 Å². The highest BCUT2D eigenvalue weighted by Crippen LogP contribution is 2.45. The SMILES string of the molecule is Nc1ccc(Oc2ccnc3c2C(F)(F)CN3)c(F)c1.O=C(O)c1c[nH]cc(-c2ccc(F)cc2)c1=O. The van der Waals surface area contributed by atoms with Crippen molar-refractivity contribution in [3.63, 3.8) is 0 Å². The number of pyridine rings is 2. The third kappa shape index (κ3) is 5.37. The van der Waals surface area contributed by atoms with Crippen LogP contribution < -0.4 is 21.2 Å². The Morgan fingerprint density at radius 3 is 2.46 bits per heavy atom. The van der Waals surface area contributed by atoms with Gasteiger partial charge in [0.2, 0.25) is 5.43 Å². The van der Waals surface area contributed by atoms with Gasteiger partial charge in [0.15, 0.2) is 11.6 Å². The maximum atomic E-state index is 13.8. The van der Waals surface area contributed by atoms with E-state index in [4.69, 9.17) is 15.6 Å². The molecule has 0 radical (unpaired) electrons. The Morgan fingerprint density at radius 1 is 1.05 bits per heavy atom. The number of carbonyl (C=O) groups is 1. The highest BCUT2D eigenvalue weighted by Gasteiger charge is 2.43. The van der Waals surface area contributed by atoms with Crippen molar-refractivity contribution in [2.45, 2.75) is 5.92 Å². The minimum absolute atomic E-state index is 0.0448. The summed E-state index contributed by atoms with van der Waals surface area (Å²) in [7, 11) is 0. The van der Waals surface area contributed by atoms with E-state index in [2.05, 4.69) is 15.3 Å². The highest BCUT2D eigenvalue weighted by molar-refractivity contribution is 5.88. The molecule has 190 valence electrons. The Hall–Kier alpha value is -4.87. The van der Waals surface area contributed by atoms with Crippen LogP contribution in [0.2, 0.25) is 0 Å². The van der Waals surface area contributed by atoms with E-state index in [1.54, 1.807) is 0 Å². The number of nitrogens with two attached hydrogens (primary N) is 1. The van der Waals surface area contributed by atoms with Crippen molar-refractivity contribution >= 4 is 17.5 Å². The first-order valence-electron chi connectivity index (χ1n) is 10.6. The zero-order chi connectivity index (χ0) is 26.7. The van der Waals surface area contributed by atoms with Gasteiger partial charge in [-0.2, -0.15) is 8.78 Å². The van der Waals surface area contributed by atoms with Gasteiger partial charge in [-0.3, -0.25) is 4.79 Å². The van der Waals surface area contributed by atoms with Crippen molar-refractivity contribution in [3.05, 3.63) is 100 Å². The second-order valence-electron chi connectivity index (χ2n) is 7.81. The van der Waals surface area contributed by atoms with E-state index >= 15 is 0 Å². The van der Waals surface area contributed by atoms with Gasteiger partial charge in [-0.25, -0.2) is 18.6 Å². The summed E-state index contributed by atoms with van der Waals surface area (Å²) in [5.74, 6) is -5.80. The van der Waals surface area contributed by atoms with Gasteiger partial charge >= 0.3 is 5.97 Å². The number of carboxylic acids is 1. The second-order valence-corrected chi connectivity index (χ2v) is 7.81. The van der Waals surface area contributed by atoms with Crippen molar-refractivity contribution in [2.24, 2.45) is 0 Å². The monoisotopic (exact) mass is 514 g/mol. The van der Waals surface area contributed by atoms with Crippen molar-refractivity contribution in [2.75, 3.05) is 17.6 Å². The Morgan fingerprint density at radius 2 is 1.78 bits per heavy atom. The highest BCUT2D eigenvalue weighted by atomic mass is 19.3. The summed E-state index contributed by atoms with van der Waals surface area (Å²) in [5, 5.41) is 11.3. The molecule has 5 N–H and O–H groups in total. The molecule has 0 amide bonds. The zero-order valence-electron chi connectivity index (χ0n) is 18.8. The van der Waals surface area contributed by atoms with Crippen LogP contribution in [0.25, 0.3) is 11.1 Å². The molecule has 0 unspecified atom stereocenters. The number of benzene rings is 2. The van der Waals surface area contributed by atoms with Gasteiger partial charge in [-0.05, 0) is 35.9 Å².